The molecule has 1 rings (SSSR count). The van der Waals surface area contributed by atoms with E-state index in [1.165, 1.54) is 17.1 Å². The molecule has 0 N–H and O–H groups in total. The topological polar surface area (TPSA) is 49.9 Å². The lowest BCUT2D eigenvalue weighted by Crippen LogP contribution is -2.35. The number of carbonyl (C=O) groups is 2. The number of amides is 2. The molecule has 1 fully saturated rings. The highest BCUT2D eigenvalue weighted by Crippen LogP contribution is 2.18. The minimum absolute atomic E-state index is 0.115. The highest BCUT2D eigenvalue weighted by atomic mass is 16.7. The maximum atomic E-state index is 11.6. The number of likely N-dealkylation sites (tertiary alicyclic amines) is 1. The van der Waals surface area contributed by atoms with Gasteiger partial charge in [-0.1, -0.05) is 0 Å². The molecule has 0 bridgehead atoms. The third-order valence-electron chi connectivity index (χ3n) is 2.43. The van der Waals surface area contributed by atoms with Crippen LogP contribution in [-0.4, -0.2) is 56.8 Å². The molecule has 2 amide bonds. The molecule has 76 valence electrons. The van der Waals surface area contributed by atoms with E-state index < -0.39 is 5.81 Å². The minimum Gasteiger partial charge on any atom is -0.352 e. The molecule has 1 unspecified atom stereocenters. The number of carbonyl (C=O) groups excluding carboxylic acids is 2. The van der Waals surface area contributed by atoms with Crippen LogP contribution >= 0.6 is 0 Å². The van der Waals surface area contributed by atoms with Crippen LogP contribution < -0.4 is 0 Å². The summed E-state index contributed by atoms with van der Waals surface area (Å²) >= 11 is 0. The Morgan fingerprint density at radius 1 is 1.57 bits per heavy atom. The van der Waals surface area contributed by atoms with Crippen molar-refractivity contribution in [3.8, 4) is 0 Å². The molecule has 0 saturated carbocycles. The highest BCUT2D eigenvalue weighted by molar-refractivity contribution is 6.56. The second kappa shape index (κ2) is 4.46. The third kappa shape index (κ3) is 2.26. The first-order valence-electron chi connectivity index (χ1n) is 4.42. The van der Waals surface area contributed by atoms with E-state index in [1.54, 1.807) is 7.05 Å². The van der Waals surface area contributed by atoms with Crippen LogP contribution in [0.25, 0.3) is 0 Å². The SMILES string of the molecule is [B]C(=O)N1CCC(C(=O)N(C)OC)C1. The minimum atomic E-state index is -0.472. The largest absolute Gasteiger partial charge is 0.352 e. The average molecular weight is 196 g/mol. The van der Waals surface area contributed by atoms with Crippen LogP contribution in [0.5, 0.6) is 0 Å². The molecular weight excluding hydrogens is 183 g/mol. The fourth-order valence-electron chi connectivity index (χ4n) is 1.51. The van der Waals surface area contributed by atoms with Gasteiger partial charge >= 0.3 is 0 Å². The van der Waals surface area contributed by atoms with Gasteiger partial charge in [0.15, 0.2) is 5.81 Å². The van der Waals surface area contributed by atoms with Gasteiger partial charge in [0.05, 0.1) is 13.0 Å². The van der Waals surface area contributed by atoms with Gasteiger partial charge in [0.1, 0.15) is 0 Å². The predicted octanol–water partition coefficient (Wildman–Crippen LogP) is -0.383. The highest BCUT2D eigenvalue weighted by Gasteiger charge is 2.31. The smallest absolute Gasteiger partial charge is 0.250 e. The van der Waals surface area contributed by atoms with Gasteiger partial charge in [0.2, 0.25) is 7.85 Å². The van der Waals surface area contributed by atoms with Gasteiger partial charge in [0.25, 0.3) is 5.91 Å². The van der Waals surface area contributed by atoms with Crippen molar-refractivity contribution in [1.82, 2.24) is 9.96 Å². The molecule has 0 aromatic rings. The van der Waals surface area contributed by atoms with Gasteiger partial charge in [-0.15, -0.1) is 0 Å². The molecule has 1 aliphatic rings. The summed E-state index contributed by atoms with van der Waals surface area (Å²) in [5.74, 6) is -0.774. The standard InChI is InChI=1S/C8H13BN2O3/c1-10(14-2)7(12)6-3-4-11(5-6)8(9)13/h6H,3-5H2,1-2H3. The average Bonchev–Trinajstić information content (AvgIpc) is 2.64. The second-order valence-corrected chi connectivity index (χ2v) is 3.29. The summed E-state index contributed by atoms with van der Waals surface area (Å²) in [5.41, 5.74) is 0. The molecule has 1 heterocycles. The molecule has 2 radical (unpaired) electrons. The first kappa shape index (κ1) is 11.0. The summed E-state index contributed by atoms with van der Waals surface area (Å²) < 4.78 is 0. The predicted molar refractivity (Wildman–Crippen MR) is 50.6 cm³/mol. The molecule has 0 spiro atoms. The Hall–Kier alpha value is -1.04. The lowest BCUT2D eigenvalue weighted by Gasteiger charge is -2.18. The molecule has 0 aromatic heterocycles. The summed E-state index contributed by atoms with van der Waals surface area (Å²) in [4.78, 5) is 28.6. The van der Waals surface area contributed by atoms with Crippen LogP contribution in [0.4, 0.5) is 4.79 Å². The summed E-state index contributed by atoms with van der Waals surface area (Å²) in [5, 5.41) is 1.18. The first-order valence-corrected chi connectivity index (χ1v) is 4.42. The Bertz CT molecular complexity index is 247. The fourth-order valence-corrected chi connectivity index (χ4v) is 1.51. The van der Waals surface area contributed by atoms with Crippen molar-refractivity contribution in [2.75, 3.05) is 27.2 Å². The van der Waals surface area contributed by atoms with Gasteiger partial charge in [-0.3, -0.25) is 14.4 Å². The van der Waals surface area contributed by atoms with E-state index in [4.69, 9.17) is 12.7 Å². The fraction of sp³-hybridized carbons (Fsp3) is 0.750. The first-order chi connectivity index (χ1) is 6.56. The van der Waals surface area contributed by atoms with Crippen LogP contribution in [0, 0.1) is 5.92 Å². The zero-order valence-corrected chi connectivity index (χ0v) is 8.40. The third-order valence-corrected chi connectivity index (χ3v) is 2.43. The van der Waals surface area contributed by atoms with Crippen LogP contribution in [0.3, 0.4) is 0 Å². The molecule has 14 heavy (non-hydrogen) atoms. The second-order valence-electron chi connectivity index (χ2n) is 3.29. The summed E-state index contributed by atoms with van der Waals surface area (Å²) in [6.45, 7) is 0.936. The summed E-state index contributed by atoms with van der Waals surface area (Å²) in [7, 11) is 8.08. The lowest BCUT2D eigenvalue weighted by molar-refractivity contribution is -0.172. The maximum Gasteiger partial charge on any atom is 0.250 e. The van der Waals surface area contributed by atoms with Crippen molar-refractivity contribution in [3.63, 3.8) is 0 Å². The summed E-state index contributed by atoms with van der Waals surface area (Å²) in [6, 6.07) is 0. The van der Waals surface area contributed by atoms with E-state index >= 15 is 0 Å². The number of hydrogen-bond donors (Lipinski definition) is 0. The van der Waals surface area contributed by atoms with Gasteiger partial charge in [0, 0.05) is 20.1 Å². The number of hydrogen-bond acceptors (Lipinski definition) is 3. The number of rotatable bonds is 2. The zero-order valence-electron chi connectivity index (χ0n) is 8.40. The van der Waals surface area contributed by atoms with E-state index in [1.807, 2.05) is 0 Å². The lowest BCUT2D eigenvalue weighted by atomic mass is 10.1. The Kier molecular flexibility index (Phi) is 3.52. The molecule has 1 aliphatic heterocycles. The molecular formula is C8H13BN2O3. The van der Waals surface area contributed by atoms with Crippen LogP contribution in [0.15, 0.2) is 0 Å². The van der Waals surface area contributed by atoms with E-state index in [9.17, 15) is 9.59 Å². The number of nitrogens with zero attached hydrogens (tertiary/aromatic N) is 2. The maximum absolute atomic E-state index is 11.6. The quantitative estimate of drug-likeness (QED) is 0.446. The van der Waals surface area contributed by atoms with Crippen LogP contribution in [-0.2, 0) is 9.63 Å². The molecule has 1 saturated heterocycles. The molecule has 0 aromatic carbocycles. The van der Waals surface area contributed by atoms with Crippen molar-refractivity contribution in [2.24, 2.45) is 5.92 Å². The van der Waals surface area contributed by atoms with Crippen LogP contribution in [0.2, 0.25) is 0 Å². The van der Waals surface area contributed by atoms with Crippen molar-refractivity contribution >= 4 is 19.6 Å². The van der Waals surface area contributed by atoms with Gasteiger partial charge in [-0.25, -0.2) is 5.06 Å². The van der Waals surface area contributed by atoms with E-state index in [0.29, 0.717) is 19.5 Å². The Balaban J connectivity index is 2.49. The van der Waals surface area contributed by atoms with Gasteiger partial charge in [-0.05, 0) is 6.42 Å². The zero-order chi connectivity index (χ0) is 10.7. The van der Waals surface area contributed by atoms with Gasteiger partial charge < -0.3 is 4.90 Å². The van der Waals surface area contributed by atoms with E-state index in [2.05, 4.69) is 0 Å². The normalized spacial score (nSPS) is 21.0. The van der Waals surface area contributed by atoms with Crippen LogP contribution in [0.1, 0.15) is 6.42 Å². The summed E-state index contributed by atoms with van der Waals surface area (Å²) in [6.07, 6.45) is 0.648. The van der Waals surface area contributed by atoms with Crippen molar-refractivity contribution in [1.29, 1.82) is 0 Å². The monoisotopic (exact) mass is 196 g/mol. The molecule has 5 nitrogen and oxygen atoms in total. The van der Waals surface area contributed by atoms with E-state index in [0.717, 1.165) is 0 Å². The van der Waals surface area contributed by atoms with Crippen molar-refractivity contribution in [2.45, 2.75) is 6.42 Å². The van der Waals surface area contributed by atoms with Crippen molar-refractivity contribution < 1.29 is 14.4 Å². The number of hydroxylamine groups is 2. The molecule has 0 aliphatic carbocycles. The Morgan fingerprint density at radius 2 is 2.21 bits per heavy atom. The Labute approximate surface area is 84.4 Å². The van der Waals surface area contributed by atoms with E-state index in [-0.39, 0.29) is 11.8 Å². The molecule has 1 atom stereocenters. The molecule has 6 heteroatoms. The van der Waals surface area contributed by atoms with Crippen molar-refractivity contribution in [3.05, 3.63) is 0 Å². The van der Waals surface area contributed by atoms with Gasteiger partial charge in [-0.2, -0.15) is 0 Å². The Morgan fingerprint density at radius 3 is 2.64 bits per heavy atom.